The number of unbranched alkanes of at least 4 members (excludes halogenated alkanes) is 3. The number of carbonyl (C=O) groups is 3. The molecule has 7 heteroatoms. The van der Waals surface area contributed by atoms with Crippen LogP contribution >= 0.6 is 0 Å². The molecule has 0 rings (SSSR count). The van der Waals surface area contributed by atoms with Gasteiger partial charge in [0.15, 0.2) is 0 Å². The predicted octanol–water partition coefficient (Wildman–Crippen LogP) is 1.96. The Morgan fingerprint density at radius 3 is 2.19 bits per heavy atom. The monoisotopic (exact) mass is 302 g/mol. The summed E-state index contributed by atoms with van der Waals surface area (Å²) in [6.45, 7) is 3.98. The van der Waals surface area contributed by atoms with Crippen molar-refractivity contribution < 1.29 is 24.6 Å². The largest absolute Gasteiger partial charge is 0.481 e. The molecule has 0 aromatic carbocycles. The molecule has 1 unspecified atom stereocenters. The zero-order valence-electron chi connectivity index (χ0n) is 12.7. The van der Waals surface area contributed by atoms with Gasteiger partial charge >= 0.3 is 18.0 Å². The van der Waals surface area contributed by atoms with Crippen molar-refractivity contribution in [2.75, 3.05) is 0 Å². The van der Waals surface area contributed by atoms with E-state index >= 15 is 0 Å². The van der Waals surface area contributed by atoms with E-state index in [9.17, 15) is 14.4 Å². The first-order valence-corrected chi connectivity index (χ1v) is 7.38. The molecule has 0 aliphatic rings. The number of hydrogen-bond acceptors (Lipinski definition) is 3. The molecule has 0 aromatic heterocycles. The molecule has 7 nitrogen and oxygen atoms in total. The molecule has 0 saturated heterocycles. The molecular formula is C14H26N2O5. The van der Waals surface area contributed by atoms with Gasteiger partial charge in [-0.15, -0.1) is 0 Å². The van der Waals surface area contributed by atoms with Crippen LogP contribution in [-0.2, 0) is 9.59 Å². The Kier molecular flexibility index (Phi) is 10.0. The second-order valence-electron chi connectivity index (χ2n) is 5.19. The van der Waals surface area contributed by atoms with E-state index in [1.807, 2.05) is 6.92 Å². The van der Waals surface area contributed by atoms with Crippen molar-refractivity contribution in [3.05, 3.63) is 0 Å². The highest BCUT2D eigenvalue weighted by molar-refractivity contribution is 5.83. The molecule has 0 radical (unpaired) electrons. The van der Waals surface area contributed by atoms with Gasteiger partial charge in [-0.2, -0.15) is 0 Å². The van der Waals surface area contributed by atoms with Crippen LogP contribution in [0.25, 0.3) is 0 Å². The molecule has 0 spiro atoms. The third-order valence-corrected chi connectivity index (χ3v) is 3.12. The lowest BCUT2D eigenvalue weighted by molar-refractivity contribution is -0.140. The van der Waals surface area contributed by atoms with Crippen molar-refractivity contribution in [3.63, 3.8) is 0 Å². The Labute approximate surface area is 125 Å². The highest BCUT2D eigenvalue weighted by Gasteiger charge is 2.21. The molecular weight excluding hydrogens is 276 g/mol. The summed E-state index contributed by atoms with van der Waals surface area (Å²) in [7, 11) is 0. The lowest BCUT2D eigenvalue weighted by atomic mass is 10.1. The molecule has 0 bridgehead atoms. The molecule has 0 aromatic rings. The van der Waals surface area contributed by atoms with Gasteiger partial charge in [0.2, 0.25) is 0 Å². The summed E-state index contributed by atoms with van der Waals surface area (Å²) in [5, 5.41) is 22.4. The number of carbonyl (C=O) groups excluding carboxylic acids is 1. The Morgan fingerprint density at radius 1 is 1.00 bits per heavy atom. The Hall–Kier alpha value is -1.79. The van der Waals surface area contributed by atoms with Gasteiger partial charge in [0.25, 0.3) is 0 Å². The number of aliphatic carboxylic acids is 2. The van der Waals surface area contributed by atoms with Crippen molar-refractivity contribution in [1.29, 1.82) is 0 Å². The maximum atomic E-state index is 11.7. The molecule has 2 amide bonds. The maximum Gasteiger partial charge on any atom is 0.326 e. The molecule has 0 aliphatic carbocycles. The van der Waals surface area contributed by atoms with E-state index < -0.39 is 24.0 Å². The van der Waals surface area contributed by atoms with E-state index in [4.69, 9.17) is 10.2 Å². The minimum Gasteiger partial charge on any atom is -0.481 e. The second kappa shape index (κ2) is 10.9. The maximum absolute atomic E-state index is 11.7. The minimum absolute atomic E-state index is 0.0456. The fourth-order valence-electron chi connectivity index (χ4n) is 1.90. The minimum atomic E-state index is -1.23. The Morgan fingerprint density at radius 2 is 1.67 bits per heavy atom. The summed E-state index contributed by atoms with van der Waals surface area (Å²) in [5.74, 6) is -2.32. The number of carboxylic acids is 2. The summed E-state index contributed by atoms with van der Waals surface area (Å²) < 4.78 is 0. The second-order valence-corrected chi connectivity index (χ2v) is 5.19. The van der Waals surface area contributed by atoms with Crippen LogP contribution in [0, 0.1) is 0 Å². The molecule has 4 N–H and O–H groups in total. The van der Waals surface area contributed by atoms with Crippen LogP contribution in [-0.4, -0.2) is 40.3 Å². The highest BCUT2D eigenvalue weighted by Crippen LogP contribution is 2.05. The average Bonchev–Trinajstić information content (AvgIpc) is 2.39. The van der Waals surface area contributed by atoms with Gasteiger partial charge in [0.05, 0.1) is 0 Å². The fraction of sp³-hybridized carbons (Fsp3) is 0.786. The fourth-order valence-corrected chi connectivity index (χ4v) is 1.90. The van der Waals surface area contributed by atoms with Crippen LogP contribution < -0.4 is 10.6 Å². The third kappa shape index (κ3) is 10.6. The summed E-state index contributed by atoms with van der Waals surface area (Å²) in [6.07, 6.45) is 4.82. The Balaban J connectivity index is 4.06. The standard InChI is InChI=1S/C14H26N2O5/c1-3-4-5-6-7-10(2)15-14(21)16-11(13(19)20)8-9-12(17)18/h10-11H,3-9H2,1-2H3,(H,17,18)(H,19,20)(H2,15,16,21)/t10?,11-/m0/s1. The molecule has 122 valence electrons. The zero-order valence-corrected chi connectivity index (χ0v) is 12.7. The van der Waals surface area contributed by atoms with Crippen LogP contribution in [0.2, 0.25) is 0 Å². The summed E-state index contributed by atoms with van der Waals surface area (Å²) >= 11 is 0. The van der Waals surface area contributed by atoms with Gasteiger partial charge in [-0.25, -0.2) is 9.59 Å². The highest BCUT2D eigenvalue weighted by atomic mass is 16.4. The van der Waals surface area contributed by atoms with Crippen LogP contribution in [0.5, 0.6) is 0 Å². The van der Waals surface area contributed by atoms with Gasteiger partial charge in [-0.05, 0) is 19.8 Å². The van der Waals surface area contributed by atoms with Gasteiger partial charge in [0, 0.05) is 12.5 Å². The van der Waals surface area contributed by atoms with Crippen LogP contribution in [0.15, 0.2) is 0 Å². The van der Waals surface area contributed by atoms with Crippen LogP contribution in [0.3, 0.4) is 0 Å². The molecule has 21 heavy (non-hydrogen) atoms. The van der Waals surface area contributed by atoms with Crippen molar-refractivity contribution >= 4 is 18.0 Å². The first-order valence-electron chi connectivity index (χ1n) is 7.38. The van der Waals surface area contributed by atoms with E-state index in [-0.39, 0.29) is 18.9 Å². The van der Waals surface area contributed by atoms with Crippen molar-refractivity contribution in [2.45, 2.75) is 70.9 Å². The predicted molar refractivity (Wildman–Crippen MR) is 78.2 cm³/mol. The van der Waals surface area contributed by atoms with E-state index in [2.05, 4.69) is 17.6 Å². The quantitative estimate of drug-likeness (QED) is 0.435. The first kappa shape index (κ1) is 19.2. The number of amides is 2. The molecule has 0 fully saturated rings. The molecule has 0 aliphatic heterocycles. The third-order valence-electron chi connectivity index (χ3n) is 3.12. The number of nitrogens with one attached hydrogen (secondary N) is 2. The number of rotatable bonds is 11. The summed E-state index contributed by atoms with van der Waals surface area (Å²) in [6, 6.07) is -1.81. The van der Waals surface area contributed by atoms with E-state index in [1.165, 1.54) is 0 Å². The summed E-state index contributed by atoms with van der Waals surface area (Å²) in [5.41, 5.74) is 0. The van der Waals surface area contributed by atoms with E-state index in [1.54, 1.807) is 0 Å². The van der Waals surface area contributed by atoms with Crippen molar-refractivity contribution in [2.24, 2.45) is 0 Å². The van der Waals surface area contributed by atoms with E-state index in [0.717, 1.165) is 32.1 Å². The number of urea groups is 1. The van der Waals surface area contributed by atoms with Gasteiger partial charge in [0.1, 0.15) is 6.04 Å². The lowest BCUT2D eigenvalue weighted by Crippen LogP contribution is -2.48. The van der Waals surface area contributed by atoms with E-state index in [0.29, 0.717) is 0 Å². The lowest BCUT2D eigenvalue weighted by Gasteiger charge is -2.18. The molecule has 0 heterocycles. The first-order chi connectivity index (χ1) is 9.86. The zero-order chi connectivity index (χ0) is 16.3. The van der Waals surface area contributed by atoms with Crippen LogP contribution in [0.1, 0.15) is 58.8 Å². The van der Waals surface area contributed by atoms with Gasteiger partial charge in [-0.1, -0.05) is 32.6 Å². The van der Waals surface area contributed by atoms with Gasteiger partial charge < -0.3 is 20.8 Å². The number of hydrogen-bond donors (Lipinski definition) is 4. The number of carboxylic acid groups (broad SMARTS) is 2. The normalized spacial score (nSPS) is 13.2. The molecule has 0 saturated carbocycles. The van der Waals surface area contributed by atoms with Crippen molar-refractivity contribution in [3.8, 4) is 0 Å². The average molecular weight is 302 g/mol. The van der Waals surface area contributed by atoms with Gasteiger partial charge in [-0.3, -0.25) is 4.79 Å². The smallest absolute Gasteiger partial charge is 0.326 e. The van der Waals surface area contributed by atoms with Crippen molar-refractivity contribution in [1.82, 2.24) is 10.6 Å². The molecule has 2 atom stereocenters. The SMILES string of the molecule is CCCCCCC(C)NC(=O)N[C@@H](CCC(=O)O)C(=O)O. The Bertz CT molecular complexity index is 346. The summed E-state index contributed by atoms with van der Waals surface area (Å²) in [4.78, 5) is 33.1. The van der Waals surface area contributed by atoms with Crippen LogP contribution in [0.4, 0.5) is 4.79 Å². The topological polar surface area (TPSA) is 116 Å².